The number of nitrogens with zero attached hydrogens (tertiary/aromatic N) is 3. The number of aromatic nitrogens is 3. The molecule has 0 radical (unpaired) electrons. The van der Waals surface area contributed by atoms with Gasteiger partial charge in [-0.1, -0.05) is 0 Å². The Morgan fingerprint density at radius 3 is 2.64 bits per heavy atom. The van der Waals surface area contributed by atoms with Crippen molar-refractivity contribution < 1.29 is 23.8 Å². The third-order valence-corrected chi connectivity index (χ3v) is 5.30. The summed E-state index contributed by atoms with van der Waals surface area (Å²) in [7, 11) is 4.81. The minimum atomic E-state index is -0.447. The van der Waals surface area contributed by atoms with Crippen molar-refractivity contribution in [2.45, 2.75) is 20.3 Å². The molecule has 0 aliphatic rings. The zero-order valence-electron chi connectivity index (χ0n) is 19.0. The van der Waals surface area contributed by atoms with E-state index >= 15 is 0 Å². The van der Waals surface area contributed by atoms with Gasteiger partial charge in [-0.25, -0.2) is 4.98 Å². The number of phenols is 1. The first kappa shape index (κ1) is 22.0. The molecule has 10 heteroatoms. The van der Waals surface area contributed by atoms with Gasteiger partial charge in [-0.05, 0) is 43.7 Å². The normalized spacial score (nSPS) is 10.9. The SMILES string of the molecule is COc1cc(Cc2ccc(C(=O)NNc3cc(C)c4c(C)nn(C)c4n3)o2)c(OC)cc1O. The molecule has 33 heavy (non-hydrogen) atoms. The summed E-state index contributed by atoms with van der Waals surface area (Å²) in [5.74, 6) is 1.51. The van der Waals surface area contributed by atoms with Gasteiger partial charge in [0, 0.05) is 30.5 Å². The van der Waals surface area contributed by atoms with E-state index in [-0.39, 0.29) is 11.5 Å². The van der Waals surface area contributed by atoms with Crippen molar-refractivity contribution in [3.63, 3.8) is 0 Å². The number of benzene rings is 1. The van der Waals surface area contributed by atoms with E-state index in [4.69, 9.17) is 13.9 Å². The second-order valence-electron chi connectivity index (χ2n) is 7.59. The van der Waals surface area contributed by atoms with E-state index in [0.29, 0.717) is 29.5 Å². The van der Waals surface area contributed by atoms with Gasteiger partial charge in [0.05, 0.1) is 19.9 Å². The second-order valence-corrected chi connectivity index (χ2v) is 7.59. The molecular weight excluding hydrogens is 426 g/mol. The molecule has 0 atom stereocenters. The summed E-state index contributed by atoms with van der Waals surface area (Å²) in [6.45, 7) is 3.90. The number of hydrogen-bond donors (Lipinski definition) is 3. The van der Waals surface area contributed by atoms with E-state index < -0.39 is 5.91 Å². The lowest BCUT2D eigenvalue weighted by Crippen LogP contribution is -2.29. The maximum Gasteiger partial charge on any atom is 0.305 e. The first-order valence-corrected chi connectivity index (χ1v) is 10.2. The van der Waals surface area contributed by atoms with Gasteiger partial charge >= 0.3 is 5.91 Å². The van der Waals surface area contributed by atoms with Crippen molar-refractivity contribution in [1.82, 2.24) is 20.2 Å². The van der Waals surface area contributed by atoms with Crippen LogP contribution in [-0.2, 0) is 13.5 Å². The Bertz CT molecular complexity index is 1340. The molecule has 0 unspecified atom stereocenters. The summed E-state index contributed by atoms with van der Waals surface area (Å²) in [6, 6.07) is 8.28. The lowest BCUT2D eigenvalue weighted by atomic mass is 10.1. The minimum Gasteiger partial charge on any atom is -0.504 e. The Kier molecular flexibility index (Phi) is 5.82. The van der Waals surface area contributed by atoms with Gasteiger partial charge in [0.25, 0.3) is 0 Å². The number of anilines is 1. The van der Waals surface area contributed by atoms with Crippen LogP contribution in [0, 0.1) is 13.8 Å². The molecule has 0 fully saturated rings. The molecule has 1 aromatic carbocycles. The van der Waals surface area contributed by atoms with Crippen LogP contribution in [0.2, 0.25) is 0 Å². The Morgan fingerprint density at radius 1 is 1.15 bits per heavy atom. The molecule has 0 spiro atoms. The average Bonchev–Trinajstić information content (AvgIpc) is 3.37. The molecule has 0 saturated carbocycles. The summed E-state index contributed by atoms with van der Waals surface area (Å²) in [6.07, 6.45) is 0.345. The number of carbonyl (C=O) groups is 1. The molecule has 0 aliphatic carbocycles. The van der Waals surface area contributed by atoms with Crippen LogP contribution >= 0.6 is 0 Å². The van der Waals surface area contributed by atoms with Crippen molar-refractivity contribution in [1.29, 1.82) is 0 Å². The molecule has 4 rings (SSSR count). The number of carbonyl (C=O) groups excluding carboxylic acids is 1. The lowest BCUT2D eigenvalue weighted by molar-refractivity contribution is 0.0933. The van der Waals surface area contributed by atoms with Gasteiger partial charge in [-0.3, -0.25) is 20.3 Å². The van der Waals surface area contributed by atoms with Crippen LogP contribution in [0.4, 0.5) is 5.82 Å². The highest BCUT2D eigenvalue weighted by Gasteiger charge is 2.16. The van der Waals surface area contributed by atoms with Gasteiger partial charge < -0.3 is 19.0 Å². The van der Waals surface area contributed by atoms with Gasteiger partial charge in [-0.15, -0.1) is 0 Å². The zero-order valence-corrected chi connectivity index (χ0v) is 19.0. The monoisotopic (exact) mass is 451 g/mol. The third kappa shape index (κ3) is 4.27. The molecule has 172 valence electrons. The molecule has 3 N–H and O–H groups in total. The van der Waals surface area contributed by atoms with Crippen LogP contribution < -0.4 is 20.3 Å². The van der Waals surface area contributed by atoms with Crippen molar-refractivity contribution >= 4 is 22.8 Å². The fourth-order valence-electron chi connectivity index (χ4n) is 3.77. The molecule has 3 aromatic heterocycles. The molecule has 0 bridgehead atoms. The van der Waals surface area contributed by atoms with Crippen molar-refractivity contribution in [3.8, 4) is 17.2 Å². The Hall–Kier alpha value is -4.21. The number of fused-ring (bicyclic) bond motifs is 1. The molecule has 0 saturated heterocycles. The highest BCUT2D eigenvalue weighted by atomic mass is 16.5. The summed E-state index contributed by atoms with van der Waals surface area (Å²) in [5.41, 5.74) is 8.81. The van der Waals surface area contributed by atoms with Gasteiger partial charge in [0.1, 0.15) is 17.3 Å². The third-order valence-electron chi connectivity index (χ3n) is 5.30. The minimum absolute atomic E-state index is 0.0213. The number of pyridine rings is 1. The predicted octanol–water partition coefficient (Wildman–Crippen LogP) is 3.25. The number of hydrazine groups is 1. The second kappa shape index (κ2) is 8.73. The maximum absolute atomic E-state index is 12.6. The van der Waals surface area contributed by atoms with Crippen molar-refractivity contribution in [2.75, 3.05) is 19.6 Å². The highest BCUT2D eigenvalue weighted by molar-refractivity contribution is 5.92. The number of aromatic hydroxyl groups is 1. The quantitative estimate of drug-likeness (QED) is 0.366. The van der Waals surface area contributed by atoms with Crippen molar-refractivity contribution in [2.24, 2.45) is 7.05 Å². The van der Waals surface area contributed by atoms with Gasteiger partial charge in [0.2, 0.25) is 0 Å². The van der Waals surface area contributed by atoms with Crippen LogP contribution in [-0.4, -0.2) is 40.0 Å². The fourth-order valence-corrected chi connectivity index (χ4v) is 3.77. The van der Waals surface area contributed by atoms with Crippen LogP contribution in [0.25, 0.3) is 11.0 Å². The lowest BCUT2D eigenvalue weighted by Gasteiger charge is -2.11. The van der Waals surface area contributed by atoms with E-state index in [1.54, 1.807) is 22.9 Å². The number of nitrogens with one attached hydrogen (secondary N) is 2. The van der Waals surface area contributed by atoms with Gasteiger partial charge in [0.15, 0.2) is 22.9 Å². The average molecular weight is 451 g/mol. The maximum atomic E-state index is 12.6. The fraction of sp³-hybridized carbons (Fsp3) is 0.261. The van der Waals surface area contributed by atoms with Crippen LogP contribution in [0.5, 0.6) is 17.2 Å². The van der Waals surface area contributed by atoms with Gasteiger partial charge in [-0.2, -0.15) is 5.10 Å². The molecule has 10 nitrogen and oxygen atoms in total. The zero-order chi connectivity index (χ0) is 23.7. The van der Waals surface area contributed by atoms with E-state index in [9.17, 15) is 9.90 Å². The highest BCUT2D eigenvalue weighted by Crippen LogP contribution is 2.35. The number of methoxy groups -OCH3 is 2. The first-order valence-electron chi connectivity index (χ1n) is 10.2. The molecular formula is C23H25N5O5. The van der Waals surface area contributed by atoms with Crippen LogP contribution in [0.3, 0.4) is 0 Å². The number of aryl methyl sites for hydroxylation is 3. The van der Waals surface area contributed by atoms with Crippen LogP contribution in [0.1, 0.15) is 33.1 Å². The van der Waals surface area contributed by atoms with E-state index in [1.807, 2.05) is 27.0 Å². The van der Waals surface area contributed by atoms with E-state index in [2.05, 4.69) is 20.9 Å². The smallest absolute Gasteiger partial charge is 0.305 e. The number of amides is 1. The number of rotatable bonds is 7. The van der Waals surface area contributed by atoms with E-state index in [0.717, 1.165) is 27.9 Å². The number of furan rings is 1. The molecule has 3 heterocycles. The van der Waals surface area contributed by atoms with Crippen molar-refractivity contribution in [3.05, 3.63) is 58.7 Å². The molecule has 4 aromatic rings. The standard InChI is InChI=1S/C23H25N5O5/c1-12-8-20(24-22-21(12)13(2)27-28(22)3)25-26-23(30)17-7-6-15(33-17)9-14-10-19(32-5)16(29)11-18(14)31-4/h6-8,10-11,29H,9H2,1-5H3,(H,24,25)(H,26,30). The number of phenolic OH excluding ortho intramolecular Hbond substituents is 1. The Morgan fingerprint density at radius 2 is 1.91 bits per heavy atom. The van der Waals surface area contributed by atoms with Crippen LogP contribution in [0.15, 0.2) is 34.7 Å². The summed E-state index contributed by atoms with van der Waals surface area (Å²) in [5, 5.41) is 15.3. The number of ether oxygens (including phenoxy) is 2. The Labute approximate surface area is 190 Å². The summed E-state index contributed by atoms with van der Waals surface area (Å²) < 4.78 is 17.9. The van der Waals surface area contributed by atoms with E-state index in [1.165, 1.54) is 20.3 Å². The largest absolute Gasteiger partial charge is 0.504 e. The molecule has 0 aliphatic heterocycles. The molecule has 1 amide bonds. The summed E-state index contributed by atoms with van der Waals surface area (Å²) >= 11 is 0. The number of hydrogen-bond acceptors (Lipinski definition) is 8. The summed E-state index contributed by atoms with van der Waals surface area (Å²) in [4.78, 5) is 17.1. The first-order chi connectivity index (χ1) is 15.8. The Balaban J connectivity index is 1.47. The predicted molar refractivity (Wildman–Crippen MR) is 122 cm³/mol. The topological polar surface area (TPSA) is 124 Å².